The van der Waals surface area contributed by atoms with Gasteiger partial charge in [-0.15, -0.1) is 0 Å². The average molecular weight is 427 g/mol. The summed E-state index contributed by atoms with van der Waals surface area (Å²) in [7, 11) is 0. The van der Waals surface area contributed by atoms with E-state index in [0.29, 0.717) is 9.13 Å². The molecule has 0 aliphatic heterocycles. The van der Waals surface area contributed by atoms with E-state index in [2.05, 4.69) is 5.32 Å². The van der Waals surface area contributed by atoms with Crippen LogP contribution in [-0.2, 0) is 0 Å². The number of rotatable bonds is 4. The molecule has 1 amide bonds. The number of hydrogen-bond acceptors (Lipinski definition) is 2. The van der Waals surface area contributed by atoms with Gasteiger partial charge in [-0.1, -0.05) is 19.3 Å². The number of benzene rings is 1. The van der Waals surface area contributed by atoms with Crippen LogP contribution < -0.4 is 10.1 Å². The lowest BCUT2D eigenvalue weighted by Crippen LogP contribution is -2.36. The smallest absolute Gasteiger partial charge is 0.422 e. The largest absolute Gasteiger partial charge is 0.483 e. The summed E-state index contributed by atoms with van der Waals surface area (Å²) in [5.74, 6) is -0.0562. The van der Waals surface area contributed by atoms with Gasteiger partial charge < -0.3 is 10.1 Å². The highest BCUT2D eigenvalue weighted by Gasteiger charge is 2.28. The fraction of sp³-hybridized carbons (Fsp3) is 0.533. The SMILES string of the molecule is O=C(NC1CCCCC1)c1ccc(OCC(F)(F)F)c(I)c1. The van der Waals surface area contributed by atoms with Gasteiger partial charge in [0.05, 0.1) is 3.57 Å². The molecule has 0 saturated heterocycles. The van der Waals surface area contributed by atoms with Crippen molar-refractivity contribution in [3.05, 3.63) is 27.3 Å². The van der Waals surface area contributed by atoms with Gasteiger partial charge in [-0.3, -0.25) is 4.79 Å². The molecule has 1 N–H and O–H groups in total. The van der Waals surface area contributed by atoms with Crippen LogP contribution in [0, 0.1) is 3.57 Å². The van der Waals surface area contributed by atoms with Crippen molar-refractivity contribution >= 4 is 28.5 Å². The second kappa shape index (κ2) is 7.52. The van der Waals surface area contributed by atoms with Crippen LogP contribution in [0.4, 0.5) is 13.2 Å². The summed E-state index contributed by atoms with van der Waals surface area (Å²) in [6.07, 6.45) is 1.03. The first-order valence-corrected chi connectivity index (χ1v) is 8.23. The van der Waals surface area contributed by atoms with E-state index >= 15 is 0 Å². The van der Waals surface area contributed by atoms with Gasteiger partial charge in [-0.2, -0.15) is 13.2 Å². The standard InChI is InChI=1S/C15H17F3INO2/c16-15(17,18)9-22-13-7-6-10(8-12(13)19)14(21)20-11-4-2-1-3-5-11/h6-8,11H,1-5,9H2,(H,20,21). The molecular formula is C15H17F3INO2. The molecule has 122 valence electrons. The first-order chi connectivity index (χ1) is 10.3. The zero-order chi connectivity index (χ0) is 16.2. The molecule has 3 nitrogen and oxygen atoms in total. The molecule has 0 aromatic heterocycles. The van der Waals surface area contributed by atoms with Crippen molar-refractivity contribution in [2.24, 2.45) is 0 Å². The molecule has 0 radical (unpaired) electrons. The molecule has 0 heterocycles. The number of carbonyl (C=O) groups is 1. The summed E-state index contributed by atoms with van der Waals surface area (Å²) < 4.78 is 41.7. The molecule has 1 aliphatic carbocycles. The molecule has 0 spiro atoms. The van der Waals surface area contributed by atoms with Gasteiger partial charge in [0, 0.05) is 11.6 Å². The van der Waals surface area contributed by atoms with E-state index in [1.165, 1.54) is 18.6 Å². The number of hydrogen-bond donors (Lipinski definition) is 1. The topological polar surface area (TPSA) is 38.3 Å². The Bertz CT molecular complexity index is 528. The monoisotopic (exact) mass is 427 g/mol. The summed E-state index contributed by atoms with van der Waals surface area (Å²) in [6.45, 7) is -1.34. The summed E-state index contributed by atoms with van der Waals surface area (Å²) in [4.78, 5) is 12.2. The number of nitrogens with one attached hydrogen (secondary N) is 1. The van der Waals surface area contributed by atoms with Crippen LogP contribution in [0.2, 0.25) is 0 Å². The number of alkyl halides is 3. The quantitative estimate of drug-likeness (QED) is 0.729. The van der Waals surface area contributed by atoms with Crippen molar-refractivity contribution in [3.63, 3.8) is 0 Å². The second-order valence-electron chi connectivity index (χ2n) is 5.36. The Labute approximate surface area is 140 Å². The van der Waals surface area contributed by atoms with E-state index in [-0.39, 0.29) is 17.7 Å². The lowest BCUT2D eigenvalue weighted by Gasteiger charge is -2.22. The van der Waals surface area contributed by atoms with E-state index in [1.807, 2.05) is 22.6 Å². The Hall–Kier alpha value is -0.990. The van der Waals surface area contributed by atoms with Gasteiger partial charge in [0.1, 0.15) is 5.75 Å². The van der Waals surface area contributed by atoms with Crippen molar-refractivity contribution in [2.45, 2.75) is 44.3 Å². The highest BCUT2D eigenvalue weighted by atomic mass is 127. The van der Waals surface area contributed by atoms with Gasteiger partial charge in [-0.25, -0.2) is 0 Å². The lowest BCUT2D eigenvalue weighted by molar-refractivity contribution is -0.153. The lowest BCUT2D eigenvalue weighted by atomic mass is 9.95. The minimum absolute atomic E-state index is 0.132. The Morgan fingerprint density at radius 3 is 2.55 bits per heavy atom. The molecule has 1 fully saturated rings. The zero-order valence-electron chi connectivity index (χ0n) is 11.9. The van der Waals surface area contributed by atoms with Crippen LogP contribution >= 0.6 is 22.6 Å². The molecule has 0 atom stereocenters. The third kappa shape index (κ3) is 5.33. The molecule has 0 bridgehead atoms. The Kier molecular flexibility index (Phi) is 5.94. The first-order valence-electron chi connectivity index (χ1n) is 7.15. The summed E-state index contributed by atoms with van der Waals surface area (Å²) >= 11 is 1.87. The maximum Gasteiger partial charge on any atom is 0.422 e. The minimum Gasteiger partial charge on any atom is -0.483 e. The Balaban J connectivity index is 1.97. The molecule has 1 aliphatic rings. The summed E-state index contributed by atoms with van der Waals surface area (Å²) in [6, 6.07) is 4.64. The maximum atomic E-state index is 12.2. The summed E-state index contributed by atoms with van der Waals surface area (Å²) in [5, 5.41) is 2.98. The van der Waals surface area contributed by atoms with Crippen molar-refractivity contribution < 1.29 is 22.7 Å². The third-order valence-electron chi connectivity index (χ3n) is 3.53. The minimum atomic E-state index is -4.37. The van der Waals surface area contributed by atoms with Crippen molar-refractivity contribution in [2.75, 3.05) is 6.61 Å². The van der Waals surface area contributed by atoms with Gasteiger partial charge in [0.25, 0.3) is 5.91 Å². The number of ether oxygens (including phenoxy) is 1. The molecule has 7 heteroatoms. The van der Waals surface area contributed by atoms with Crippen molar-refractivity contribution in [1.82, 2.24) is 5.32 Å². The molecule has 22 heavy (non-hydrogen) atoms. The molecule has 1 aromatic carbocycles. The van der Waals surface area contributed by atoms with Crippen LogP contribution in [-0.4, -0.2) is 24.7 Å². The number of halogens is 4. The highest BCUT2D eigenvalue weighted by molar-refractivity contribution is 14.1. The molecule has 0 unspecified atom stereocenters. The fourth-order valence-electron chi connectivity index (χ4n) is 2.43. The first kappa shape index (κ1) is 17.4. The summed E-state index contributed by atoms with van der Waals surface area (Å²) in [5.41, 5.74) is 0.439. The van der Waals surface area contributed by atoms with Gasteiger partial charge in [-0.05, 0) is 53.6 Å². The fourth-order valence-corrected chi connectivity index (χ4v) is 3.11. The van der Waals surface area contributed by atoms with E-state index < -0.39 is 12.8 Å². The van der Waals surface area contributed by atoms with Gasteiger partial charge in [0.2, 0.25) is 0 Å². The zero-order valence-corrected chi connectivity index (χ0v) is 14.0. The van der Waals surface area contributed by atoms with Crippen LogP contribution in [0.25, 0.3) is 0 Å². The van der Waals surface area contributed by atoms with Crippen LogP contribution in [0.3, 0.4) is 0 Å². The van der Waals surface area contributed by atoms with E-state index in [9.17, 15) is 18.0 Å². The highest BCUT2D eigenvalue weighted by Crippen LogP contribution is 2.25. The molecule has 2 rings (SSSR count). The third-order valence-corrected chi connectivity index (χ3v) is 4.37. The van der Waals surface area contributed by atoms with Crippen LogP contribution in [0.1, 0.15) is 42.5 Å². The van der Waals surface area contributed by atoms with Crippen LogP contribution in [0.15, 0.2) is 18.2 Å². The molecule has 1 aromatic rings. The van der Waals surface area contributed by atoms with Crippen molar-refractivity contribution in [3.8, 4) is 5.75 Å². The molecular weight excluding hydrogens is 410 g/mol. The van der Waals surface area contributed by atoms with E-state index in [0.717, 1.165) is 25.7 Å². The van der Waals surface area contributed by atoms with Gasteiger partial charge >= 0.3 is 6.18 Å². The normalized spacial score (nSPS) is 16.4. The maximum absolute atomic E-state index is 12.2. The van der Waals surface area contributed by atoms with Crippen LogP contribution in [0.5, 0.6) is 5.75 Å². The Morgan fingerprint density at radius 1 is 1.27 bits per heavy atom. The van der Waals surface area contributed by atoms with E-state index in [1.54, 1.807) is 6.07 Å². The van der Waals surface area contributed by atoms with Gasteiger partial charge in [0.15, 0.2) is 6.61 Å². The second-order valence-corrected chi connectivity index (χ2v) is 6.52. The van der Waals surface area contributed by atoms with Crippen molar-refractivity contribution in [1.29, 1.82) is 0 Å². The number of carbonyl (C=O) groups excluding carboxylic acids is 1. The molecule has 1 saturated carbocycles. The average Bonchev–Trinajstić information content (AvgIpc) is 2.46. The predicted octanol–water partition coefficient (Wildman–Crippen LogP) is 4.29. The van der Waals surface area contributed by atoms with E-state index in [4.69, 9.17) is 4.74 Å². The number of amides is 1. The predicted molar refractivity (Wildman–Crippen MR) is 85.0 cm³/mol. The Morgan fingerprint density at radius 2 is 1.95 bits per heavy atom.